The van der Waals surface area contributed by atoms with E-state index in [0.717, 1.165) is 12.1 Å². The highest BCUT2D eigenvalue weighted by atomic mass is 32.2. The molecule has 0 aliphatic rings. The summed E-state index contributed by atoms with van der Waals surface area (Å²) in [7, 11) is -1.76. The van der Waals surface area contributed by atoms with E-state index in [2.05, 4.69) is 5.32 Å². The molecule has 0 heterocycles. The Labute approximate surface area is 172 Å². The number of anilines is 1. The molecule has 2 rings (SSSR count). The van der Waals surface area contributed by atoms with Crippen LogP contribution in [0.3, 0.4) is 0 Å². The highest BCUT2D eigenvalue weighted by Crippen LogP contribution is 2.34. The van der Waals surface area contributed by atoms with Crippen LogP contribution in [-0.2, 0) is 21.0 Å². The van der Waals surface area contributed by atoms with Crippen molar-refractivity contribution in [2.24, 2.45) is 0 Å². The molecule has 0 spiro atoms. The Kier molecular flexibility index (Phi) is 6.99. The third-order valence-corrected chi connectivity index (χ3v) is 5.79. The largest absolute Gasteiger partial charge is 0.493 e. The molecule has 0 aliphatic carbocycles. The van der Waals surface area contributed by atoms with Crippen LogP contribution in [0.2, 0.25) is 0 Å². The topological polar surface area (TPSA) is 93.7 Å². The monoisotopic (exact) mass is 446 g/mol. The second-order valence-electron chi connectivity index (χ2n) is 6.35. The number of halogens is 3. The van der Waals surface area contributed by atoms with Crippen LogP contribution in [0.1, 0.15) is 18.1 Å². The molecule has 0 fully saturated rings. The molecule has 30 heavy (non-hydrogen) atoms. The third-order valence-electron chi connectivity index (χ3n) is 4.20. The molecule has 0 aliphatic heterocycles. The lowest BCUT2D eigenvalue weighted by Gasteiger charge is -2.18. The summed E-state index contributed by atoms with van der Waals surface area (Å²) in [5.41, 5.74) is -0.376. The molecule has 2 aromatic carbocycles. The summed E-state index contributed by atoms with van der Waals surface area (Å²) in [6.45, 7) is 2.91. The molecule has 1 atom stereocenters. The Balaban J connectivity index is 2.25. The standard InChI is InChI=1S/C19H21F3N2O5S/c1-11-9-15(28-3)16(29-4)10-14(11)23-18(25)12(2)24-30(26,27)17-8-6-5-7-13(17)19(20,21)22/h5-10,12,24H,1-4H3,(H,23,25)/t12-/m0/s1. The molecule has 1 amide bonds. The van der Waals surface area contributed by atoms with Gasteiger partial charge in [-0.05, 0) is 37.6 Å². The van der Waals surface area contributed by atoms with Gasteiger partial charge in [-0.25, -0.2) is 8.42 Å². The Hall–Kier alpha value is -2.79. The van der Waals surface area contributed by atoms with Crippen molar-refractivity contribution in [3.8, 4) is 11.5 Å². The highest BCUT2D eigenvalue weighted by Gasteiger charge is 2.37. The van der Waals surface area contributed by atoms with E-state index < -0.39 is 38.6 Å². The summed E-state index contributed by atoms with van der Waals surface area (Å²) < 4.78 is 76.7. The first kappa shape index (κ1) is 23.5. The van der Waals surface area contributed by atoms with Crippen molar-refractivity contribution in [2.45, 2.75) is 31.0 Å². The lowest BCUT2D eigenvalue weighted by atomic mass is 10.1. The molecule has 0 bridgehead atoms. The second kappa shape index (κ2) is 8.92. The van der Waals surface area contributed by atoms with E-state index in [-0.39, 0.29) is 0 Å². The number of rotatable bonds is 7. The van der Waals surface area contributed by atoms with E-state index in [1.54, 1.807) is 13.0 Å². The van der Waals surface area contributed by atoms with Crippen molar-refractivity contribution in [2.75, 3.05) is 19.5 Å². The van der Waals surface area contributed by atoms with Crippen molar-refractivity contribution >= 4 is 21.6 Å². The zero-order valence-electron chi connectivity index (χ0n) is 16.6. The van der Waals surface area contributed by atoms with E-state index in [9.17, 15) is 26.4 Å². The number of ether oxygens (including phenoxy) is 2. The number of methoxy groups -OCH3 is 2. The highest BCUT2D eigenvalue weighted by molar-refractivity contribution is 7.89. The average molecular weight is 446 g/mol. The fraction of sp³-hybridized carbons (Fsp3) is 0.316. The van der Waals surface area contributed by atoms with Gasteiger partial charge in [0.2, 0.25) is 15.9 Å². The molecule has 2 N–H and O–H groups in total. The summed E-state index contributed by atoms with van der Waals surface area (Å²) in [5, 5.41) is 2.53. The number of amides is 1. The maximum absolute atomic E-state index is 13.1. The van der Waals surface area contributed by atoms with Crippen LogP contribution < -0.4 is 19.5 Å². The molecule has 0 saturated heterocycles. The van der Waals surface area contributed by atoms with Crippen LogP contribution in [-0.4, -0.2) is 34.6 Å². The van der Waals surface area contributed by atoms with Gasteiger partial charge in [-0.15, -0.1) is 0 Å². The van der Waals surface area contributed by atoms with E-state index in [0.29, 0.717) is 28.8 Å². The first-order valence-corrected chi connectivity index (χ1v) is 10.1. The van der Waals surface area contributed by atoms with Crippen LogP contribution in [0.15, 0.2) is 41.3 Å². The predicted octanol–water partition coefficient (Wildman–Crippen LogP) is 3.34. The molecule has 7 nitrogen and oxygen atoms in total. The lowest BCUT2D eigenvalue weighted by molar-refractivity contribution is -0.139. The van der Waals surface area contributed by atoms with Gasteiger partial charge in [0.25, 0.3) is 0 Å². The van der Waals surface area contributed by atoms with Gasteiger partial charge in [-0.1, -0.05) is 12.1 Å². The van der Waals surface area contributed by atoms with Crippen molar-refractivity contribution < 1.29 is 35.9 Å². The van der Waals surface area contributed by atoms with Gasteiger partial charge >= 0.3 is 6.18 Å². The normalized spacial score (nSPS) is 12.9. The zero-order chi connectivity index (χ0) is 22.7. The first-order valence-electron chi connectivity index (χ1n) is 8.62. The minimum atomic E-state index is -4.87. The SMILES string of the molecule is COc1cc(C)c(NC(=O)[C@H](C)NS(=O)(=O)c2ccccc2C(F)(F)F)cc1OC. The molecule has 0 saturated carbocycles. The Morgan fingerprint density at radius 3 is 2.20 bits per heavy atom. The Morgan fingerprint density at radius 2 is 1.63 bits per heavy atom. The van der Waals surface area contributed by atoms with Gasteiger partial charge in [0.1, 0.15) is 0 Å². The van der Waals surface area contributed by atoms with Crippen molar-refractivity contribution in [3.05, 3.63) is 47.5 Å². The Bertz CT molecular complexity index is 1040. The summed E-state index contributed by atoms with van der Waals surface area (Å²) >= 11 is 0. The number of carbonyl (C=O) groups excluding carboxylic acids is 1. The fourth-order valence-electron chi connectivity index (χ4n) is 2.64. The van der Waals surface area contributed by atoms with Gasteiger partial charge in [0, 0.05) is 11.8 Å². The smallest absolute Gasteiger partial charge is 0.417 e. The van der Waals surface area contributed by atoms with Gasteiger partial charge in [-0.2, -0.15) is 17.9 Å². The van der Waals surface area contributed by atoms with E-state index >= 15 is 0 Å². The van der Waals surface area contributed by atoms with Gasteiger partial charge < -0.3 is 14.8 Å². The summed E-state index contributed by atoms with van der Waals surface area (Å²) in [6, 6.07) is 5.48. The molecule has 11 heteroatoms. The molecule has 0 unspecified atom stereocenters. The average Bonchev–Trinajstić information content (AvgIpc) is 2.68. The van der Waals surface area contributed by atoms with Crippen LogP contribution in [0.25, 0.3) is 0 Å². The maximum atomic E-state index is 13.1. The van der Waals surface area contributed by atoms with Crippen molar-refractivity contribution in [1.82, 2.24) is 4.72 Å². The zero-order valence-corrected chi connectivity index (χ0v) is 17.4. The number of aryl methyl sites for hydroxylation is 1. The summed E-state index contributed by atoms with van der Waals surface area (Å²) in [4.78, 5) is 11.5. The van der Waals surface area contributed by atoms with E-state index in [1.807, 2.05) is 4.72 Å². The minimum Gasteiger partial charge on any atom is -0.493 e. The number of hydrogen-bond donors (Lipinski definition) is 2. The van der Waals surface area contributed by atoms with Crippen molar-refractivity contribution in [3.63, 3.8) is 0 Å². The van der Waals surface area contributed by atoms with Gasteiger partial charge in [0.05, 0.1) is 30.7 Å². The molecular formula is C19H21F3N2O5S. The van der Waals surface area contributed by atoms with Gasteiger partial charge in [0.15, 0.2) is 11.5 Å². The molecule has 0 radical (unpaired) electrons. The number of benzene rings is 2. The number of alkyl halides is 3. The van der Waals surface area contributed by atoms with Gasteiger partial charge in [-0.3, -0.25) is 4.79 Å². The predicted molar refractivity (Wildman–Crippen MR) is 104 cm³/mol. The lowest BCUT2D eigenvalue weighted by Crippen LogP contribution is -2.42. The number of carbonyl (C=O) groups is 1. The fourth-order valence-corrected chi connectivity index (χ4v) is 4.07. The number of sulfonamides is 1. The molecule has 0 aromatic heterocycles. The molecular weight excluding hydrogens is 425 g/mol. The van der Waals surface area contributed by atoms with Crippen LogP contribution in [0.4, 0.5) is 18.9 Å². The van der Waals surface area contributed by atoms with E-state index in [1.165, 1.54) is 33.3 Å². The minimum absolute atomic E-state index is 0.333. The Morgan fingerprint density at radius 1 is 1.07 bits per heavy atom. The number of hydrogen-bond acceptors (Lipinski definition) is 5. The van der Waals surface area contributed by atoms with Crippen molar-refractivity contribution in [1.29, 1.82) is 0 Å². The van der Waals surface area contributed by atoms with Crippen LogP contribution in [0.5, 0.6) is 11.5 Å². The third kappa shape index (κ3) is 5.22. The van der Waals surface area contributed by atoms with E-state index in [4.69, 9.17) is 9.47 Å². The quantitative estimate of drug-likeness (QED) is 0.681. The number of nitrogens with one attached hydrogen (secondary N) is 2. The van der Waals surface area contributed by atoms with Crippen LogP contribution >= 0.6 is 0 Å². The summed E-state index contributed by atoms with van der Waals surface area (Å²) in [5.74, 6) is 0.00892. The molecule has 164 valence electrons. The van der Waals surface area contributed by atoms with Crippen LogP contribution in [0, 0.1) is 6.92 Å². The summed E-state index contributed by atoms with van der Waals surface area (Å²) in [6.07, 6.45) is -4.87. The maximum Gasteiger partial charge on any atom is 0.417 e. The molecule has 2 aromatic rings. The first-order chi connectivity index (χ1) is 13.9. The second-order valence-corrected chi connectivity index (χ2v) is 8.03.